The molecule has 7 heteroatoms. The van der Waals surface area contributed by atoms with E-state index in [1.54, 1.807) is 29.1 Å². The number of hydrogen-bond acceptors (Lipinski definition) is 3. The van der Waals surface area contributed by atoms with Crippen LogP contribution in [0.5, 0.6) is 11.5 Å². The van der Waals surface area contributed by atoms with E-state index in [-0.39, 0.29) is 51.2 Å². The number of halogens is 1. The Morgan fingerprint density at radius 2 is 1.14 bits per heavy atom. The molecule has 3 aromatic heterocycles. The fourth-order valence-electron chi connectivity index (χ4n) is 10.3. The molecule has 0 aliphatic rings. The summed E-state index contributed by atoms with van der Waals surface area (Å²) in [4.78, 5) is 5.40. The molecule has 10 aromatic carbocycles. The van der Waals surface area contributed by atoms with Crippen LogP contribution >= 0.6 is 0 Å². The Kier molecular flexibility index (Phi) is 9.67. The normalized spacial score (nSPS) is 13.7. The number of aromatic nitrogens is 4. The Morgan fingerprint density at radius 1 is 0.506 bits per heavy atom. The quantitative estimate of drug-likeness (QED) is 0.135. The molecular formula is C70H57ClN4O2. The van der Waals surface area contributed by atoms with E-state index in [1.807, 2.05) is 95.6 Å². The molecule has 0 fully saturated rings. The van der Waals surface area contributed by atoms with Gasteiger partial charge in [0.2, 0.25) is 0 Å². The zero-order valence-electron chi connectivity index (χ0n) is 53.2. The molecule has 0 saturated carbocycles. The van der Waals surface area contributed by atoms with E-state index >= 15 is 0 Å². The van der Waals surface area contributed by atoms with E-state index in [2.05, 4.69) is 107 Å². The molecule has 0 aliphatic heterocycles. The minimum atomic E-state index is -0.575. The molecule has 13 aromatic rings. The monoisotopic (exact) mass is 1030 g/mol. The Hall–Kier alpha value is -8.97. The van der Waals surface area contributed by atoms with E-state index in [0.717, 1.165) is 55.6 Å². The first-order chi connectivity index (χ1) is 41.1. The van der Waals surface area contributed by atoms with Crippen molar-refractivity contribution in [2.75, 3.05) is 0 Å². The SMILES string of the molecule is [2H]c1c([2H])c([2H])c(-c2cccc(-c3c([2H])c([2H])c([2H])c([2H])c3[2H])c2-[n+]2cn(-c3cc(Oc4cc(-c5nc6ccccc6n5-c5ccc(C(C)(C)C)cc5-c5ccccc5)cc(C(C)(C)C)c4)cc4c3oc3ccccc34)c3ccccc32)c([2H])c1[2H].[Cl-]. The first-order valence-corrected chi connectivity index (χ1v) is 25.4. The number of hydrogen-bond donors (Lipinski definition) is 0. The van der Waals surface area contributed by atoms with Gasteiger partial charge in [-0.2, -0.15) is 9.13 Å². The molecule has 376 valence electrons. The first kappa shape index (κ1) is 38.6. The number of rotatable bonds is 9. The second kappa shape index (κ2) is 19.3. The predicted molar refractivity (Wildman–Crippen MR) is 312 cm³/mol. The lowest BCUT2D eigenvalue weighted by molar-refractivity contribution is -0.566. The molecule has 0 bridgehead atoms. The summed E-state index contributed by atoms with van der Waals surface area (Å²) in [6.45, 7) is 13.2. The van der Waals surface area contributed by atoms with Crippen LogP contribution in [-0.4, -0.2) is 14.1 Å². The summed E-state index contributed by atoms with van der Waals surface area (Å²) >= 11 is 0. The topological polar surface area (TPSA) is 49.0 Å². The standard InChI is InChI=1S/C70H57N4O2.ClH/c1-69(2,3)50-37-38-60(57(42-50)48-27-14-9-15-28-48)74-61-33-18-17-32-59(61)71-68(74)49-39-51(70(4,5)6)41-52(40-49)75-53-43-58-56-29-16-21-36-65(56)76-67(58)64(44-53)72-45-73(63-35-20-19-34-62(63)72)66-54(46-23-10-7-11-24-46)30-22-31-55(66)47-25-12-8-13-26-47;/h7-45H,1-6H3;1H/q+1;/p-1/i7D,8D,10D,11D,12D,13D,23D,24D,25D,26D;. The van der Waals surface area contributed by atoms with Crippen molar-refractivity contribution < 1.29 is 39.8 Å². The van der Waals surface area contributed by atoms with Gasteiger partial charge in [-0.05, 0) is 105 Å². The maximum Gasteiger partial charge on any atom is 0.255 e. The van der Waals surface area contributed by atoms with E-state index in [1.165, 1.54) is 5.56 Å². The maximum atomic E-state index is 9.22. The number of ether oxygens (including phenoxy) is 1. The molecule has 3 heterocycles. The number of nitrogens with zero attached hydrogens (tertiary/aromatic N) is 4. The van der Waals surface area contributed by atoms with Crippen LogP contribution in [0.3, 0.4) is 0 Å². The summed E-state index contributed by atoms with van der Waals surface area (Å²) in [5, 5.41) is 1.58. The molecule has 77 heavy (non-hydrogen) atoms. The predicted octanol–water partition coefficient (Wildman–Crippen LogP) is 15.2. The molecule has 0 amide bonds. The van der Waals surface area contributed by atoms with Gasteiger partial charge in [0.05, 0.1) is 30.4 Å². The van der Waals surface area contributed by atoms with Crippen LogP contribution in [0.25, 0.3) is 106 Å². The van der Waals surface area contributed by atoms with Crippen molar-refractivity contribution >= 4 is 44.0 Å². The van der Waals surface area contributed by atoms with E-state index < -0.39 is 60.4 Å². The zero-order valence-corrected chi connectivity index (χ0v) is 44.0. The van der Waals surface area contributed by atoms with Gasteiger partial charge < -0.3 is 21.6 Å². The second-order valence-corrected chi connectivity index (χ2v) is 21.2. The van der Waals surface area contributed by atoms with E-state index in [0.29, 0.717) is 39.4 Å². The lowest BCUT2D eigenvalue weighted by Crippen LogP contribution is -3.00. The summed E-state index contributed by atoms with van der Waals surface area (Å²) in [6.07, 6.45) is 1.78. The third kappa shape index (κ3) is 8.84. The summed E-state index contributed by atoms with van der Waals surface area (Å²) in [6, 6.07) is 50.3. The number of para-hydroxylation sites is 6. The molecule has 0 unspecified atom stereocenters. The van der Waals surface area contributed by atoms with Gasteiger partial charge in [-0.25, -0.2) is 4.98 Å². The van der Waals surface area contributed by atoms with Crippen LogP contribution < -0.4 is 21.7 Å². The van der Waals surface area contributed by atoms with Crippen molar-refractivity contribution in [3.05, 3.63) is 248 Å². The highest BCUT2D eigenvalue weighted by Gasteiger charge is 2.29. The smallest absolute Gasteiger partial charge is 0.255 e. The Morgan fingerprint density at radius 3 is 1.86 bits per heavy atom. The minimum Gasteiger partial charge on any atom is -1.00 e. The molecule has 0 aliphatic carbocycles. The van der Waals surface area contributed by atoms with Crippen molar-refractivity contribution in [1.29, 1.82) is 0 Å². The van der Waals surface area contributed by atoms with Crippen molar-refractivity contribution in [3.63, 3.8) is 0 Å². The molecule has 0 spiro atoms. The zero-order chi connectivity index (χ0) is 60.4. The molecule has 0 atom stereocenters. The van der Waals surface area contributed by atoms with Gasteiger partial charge in [0.1, 0.15) is 28.6 Å². The van der Waals surface area contributed by atoms with Gasteiger partial charge in [-0.1, -0.05) is 199 Å². The maximum absolute atomic E-state index is 9.22. The first-order valence-electron chi connectivity index (χ1n) is 30.4. The number of imidazole rings is 2. The van der Waals surface area contributed by atoms with Crippen molar-refractivity contribution in [1.82, 2.24) is 14.1 Å². The van der Waals surface area contributed by atoms with Crippen molar-refractivity contribution in [2.24, 2.45) is 0 Å². The van der Waals surface area contributed by atoms with Gasteiger partial charge in [-0.15, -0.1) is 0 Å². The van der Waals surface area contributed by atoms with Crippen molar-refractivity contribution in [3.8, 4) is 73.3 Å². The fourth-order valence-corrected chi connectivity index (χ4v) is 10.3. The largest absolute Gasteiger partial charge is 1.00 e. The molecule has 0 radical (unpaired) electrons. The summed E-state index contributed by atoms with van der Waals surface area (Å²) in [7, 11) is 0. The number of furan rings is 1. The highest BCUT2D eigenvalue weighted by atomic mass is 35.5. The number of benzene rings is 10. The molecule has 6 nitrogen and oxygen atoms in total. The van der Waals surface area contributed by atoms with Gasteiger partial charge in [-0.3, -0.25) is 4.57 Å². The van der Waals surface area contributed by atoms with Gasteiger partial charge in [0, 0.05) is 39.1 Å². The van der Waals surface area contributed by atoms with Crippen LogP contribution in [-0.2, 0) is 10.8 Å². The Labute approximate surface area is 469 Å². The lowest BCUT2D eigenvalue weighted by atomic mass is 9.84. The minimum absolute atomic E-state index is 0. The third-order valence-corrected chi connectivity index (χ3v) is 14.2. The van der Waals surface area contributed by atoms with Crippen LogP contribution in [0.2, 0.25) is 0 Å². The Bertz CT molecular complexity index is 4820. The summed E-state index contributed by atoms with van der Waals surface area (Å²) in [5.41, 5.74) is 10.6. The van der Waals surface area contributed by atoms with E-state index in [9.17, 15) is 5.48 Å². The summed E-state index contributed by atoms with van der Waals surface area (Å²) < 4.78 is 109. The molecule has 0 N–H and O–H groups in total. The molecular weight excluding hydrogens is 964 g/mol. The van der Waals surface area contributed by atoms with E-state index in [4.69, 9.17) is 22.4 Å². The average Bonchev–Trinajstić information content (AvgIpc) is 1.80. The van der Waals surface area contributed by atoms with Crippen LogP contribution in [0.4, 0.5) is 0 Å². The Balaban J connectivity index is 0.00000739. The van der Waals surface area contributed by atoms with Crippen molar-refractivity contribution in [2.45, 2.75) is 52.4 Å². The van der Waals surface area contributed by atoms with Gasteiger partial charge in [0.15, 0.2) is 22.3 Å². The average molecular weight is 1030 g/mol. The highest BCUT2D eigenvalue weighted by molar-refractivity contribution is 6.08. The number of fused-ring (bicyclic) bond motifs is 5. The second-order valence-electron chi connectivity index (χ2n) is 21.2. The summed E-state index contributed by atoms with van der Waals surface area (Å²) in [5.74, 6) is 1.76. The van der Waals surface area contributed by atoms with Crippen LogP contribution in [0, 0.1) is 0 Å². The van der Waals surface area contributed by atoms with Crippen LogP contribution in [0.1, 0.15) is 66.4 Å². The van der Waals surface area contributed by atoms with Gasteiger partial charge >= 0.3 is 0 Å². The fraction of sp³-hybridized carbons (Fsp3) is 0.114. The highest BCUT2D eigenvalue weighted by Crippen LogP contribution is 2.43. The van der Waals surface area contributed by atoms with Crippen LogP contribution in [0.15, 0.2) is 241 Å². The molecule has 13 rings (SSSR count). The van der Waals surface area contributed by atoms with Gasteiger partial charge in [0.25, 0.3) is 6.33 Å². The third-order valence-electron chi connectivity index (χ3n) is 14.2. The lowest BCUT2D eigenvalue weighted by Gasteiger charge is -2.24. The molecule has 0 saturated heterocycles.